The van der Waals surface area contributed by atoms with Gasteiger partial charge in [0.1, 0.15) is 35.8 Å². The molecule has 54 heavy (non-hydrogen) atoms. The number of nitrogens with two attached hydrogens (primary N) is 1. The molecule has 1 aliphatic heterocycles. The van der Waals surface area contributed by atoms with E-state index in [1.54, 1.807) is 45.9 Å². The van der Waals surface area contributed by atoms with Crippen molar-refractivity contribution in [1.29, 1.82) is 5.26 Å². The summed E-state index contributed by atoms with van der Waals surface area (Å²) in [4.78, 5) is 43.3. The first kappa shape index (κ1) is 42.2. The van der Waals surface area contributed by atoms with E-state index in [0.717, 1.165) is 5.56 Å². The third-order valence-corrected chi connectivity index (χ3v) is 10.1. The van der Waals surface area contributed by atoms with Crippen molar-refractivity contribution >= 4 is 37.0 Å². The standard InChI is InChI=1S/C37H51N6O10P/c1-21(2)17-48-35(46)24(7)42-54(47,53-26-13-11-25(12-14-26)36(8,9)10)49-18-28-30(50-33(44)22(3)4)31(51-34(45)23(5)6)37(19-38,52-28)29-16-15-27-32(39)40-20-41-43(27)29/h11-16,20-24,28,30-31H,17-18H2,1-10H3,(H,42,47)(H2,39,40,41)/t24-,28+,30+,31+,37-,54?/m0/s1. The number of nitrogen functional groups attached to an aromatic ring is 1. The Labute approximate surface area is 315 Å². The van der Waals surface area contributed by atoms with Gasteiger partial charge in [-0.05, 0) is 48.1 Å². The minimum atomic E-state index is -4.51. The molecule has 2 aromatic heterocycles. The van der Waals surface area contributed by atoms with Gasteiger partial charge in [0.05, 0.1) is 30.7 Å². The van der Waals surface area contributed by atoms with Crippen molar-refractivity contribution in [1.82, 2.24) is 19.7 Å². The Morgan fingerprint density at radius 1 is 1.00 bits per heavy atom. The van der Waals surface area contributed by atoms with Gasteiger partial charge in [-0.25, -0.2) is 14.1 Å². The zero-order chi connectivity index (χ0) is 40.2. The van der Waals surface area contributed by atoms with Crippen LogP contribution < -0.4 is 15.3 Å². The predicted octanol–water partition coefficient (Wildman–Crippen LogP) is 5.24. The Balaban J connectivity index is 1.78. The molecular formula is C37H51N6O10P. The quantitative estimate of drug-likeness (QED) is 0.115. The number of ether oxygens (including phenoxy) is 4. The van der Waals surface area contributed by atoms with Crippen molar-refractivity contribution in [3.63, 3.8) is 0 Å². The highest BCUT2D eigenvalue weighted by molar-refractivity contribution is 7.52. The maximum absolute atomic E-state index is 14.6. The summed E-state index contributed by atoms with van der Waals surface area (Å²) in [5.41, 5.74) is 5.14. The molecule has 294 valence electrons. The monoisotopic (exact) mass is 770 g/mol. The number of aromatic nitrogens is 3. The van der Waals surface area contributed by atoms with Gasteiger partial charge in [0.15, 0.2) is 18.0 Å². The number of rotatable bonds is 15. The molecule has 1 fully saturated rings. The molecular weight excluding hydrogens is 719 g/mol. The summed E-state index contributed by atoms with van der Waals surface area (Å²) in [5, 5.41) is 17.8. The van der Waals surface area contributed by atoms with E-state index in [-0.39, 0.29) is 35.2 Å². The highest BCUT2D eigenvalue weighted by Crippen LogP contribution is 2.49. The Bertz CT molecular complexity index is 1900. The zero-order valence-electron chi connectivity index (χ0n) is 32.4. The largest absolute Gasteiger partial charge is 0.464 e. The van der Waals surface area contributed by atoms with E-state index in [1.165, 1.54) is 23.8 Å². The van der Waals surface area contributed by atoms with Crippen LogP contribution in [0.15, 0.2) is 42.7 Å². The molecule has 6 atom stereocenters. The minimum absolute atomic E-state index is 0.0468. The van der Waals surface area contributed by atoms with Crippen LogP contribution in [0, 0.1) is 29.1 Å². The van der Waals surface area contributed by atoms with Crippen LogP contribution in [0.5, 0.6) is 5.75 Å². The van der Waals surface area contributed by atoms with E-state index in [1.807, 2.05) is 46.8 Å². The first-order valence-electron chi connectivity index (χ1n) is 17.8. The average Bonchev–Trinajstić information content (AvgIpc) is 3.66. The molecule has 0 aliphatic carbocycles. The number of nitriles is 1. The number of esters is 3. The summed E-state index contributed by atoms with van der Waals surface area (Å²) in [5.74, 6) is -3.11. The van der Waals surface area contributed by atoms with Gasteiger partial charge in [-0.15, -0.1) is 0 Å². The SMILES string of the molecule is CC(C)COC(=O)[C@H](C)NP(=O)(OC[C@H]1O[C@@](C#N)(c2ccc3c(N)ncnn23)[C@H](OC(=O)C(C)C)[C@@H]1OC(=O)C(C)C)Oc1ccc(C(C)(C)C)cc1. The first-order chi connectivity index (χ1) is 25.2. The number of carbonyl (C=O) groups excluding carboxylic acids is 3. The fourth-order valence-electron chi connectivity index (χ4n) is 5.41. The number of fused-ring (bicyclic) bond motifs is 1. The highest BCUT2D eigenvalue weighted by atomic mass is 31.2. The second kappa shape index (κ2) is 16.9. The summed E-state index contributed by atoms with van der Waals surface area (Å²) in [6, 6.07) is 10.9. The van der Waals surface area contributed by atoms with E-state index in [9.17, 15) is 24.2 Å². The Hall–Kier alpha value is -4.55. The number of nitrogens with one attached hydrogen (secondary N) is 1. The summed E-state index contributed by atoms with van der Waals surface area (Å²) >= 11 is 0. The molecule has 3 heterocycles. The molecule has 1 aliphatic rings. The van der Waals surface area contributed by atoms with E-state index in [0.29, 0.717) is 5.52 Å². The van der Waals surface area contributed by atoms with Gasteiger partial charge in [-0.3, -0.25) is 18.9 Å². The van der Waals surface area contributed by atoms with Crippen LogP contribution in [0.25, 0.3) is 5.52 Å². The van der Waals surface area contributed by atoms with Crippen molar-refractivity contribution in [2.75, 3.05) is 18.9 Å². The summed E-state index contributed by atoms with van der Waals surface area (Å²) in [6.45, 7) is 17.2. The molecule has 0 spiro atoms. The first-order valence-corrected chi connectivity index (χ1v) is 19.3. The van der Waals surface area contributed by atoms with Gasteiger partial charge in [0.2, 0.25) is 5.60 Å². The molecule has 3 N–H and O–H groups in total. The van der Waals surface area contributed by atoms with Gasteiger partial charge in [0, 0.05) is 0 Å². The lowest BCUT2D eigenvalue weighted by atomic mass is 9.87. The molecule has 0 saturated carbocycles. The van der Waals surface area contributed by atoms with Crippen LogP contribution in [0.3, 0.4) is 0 Å². The lowest BCUT2D eigenvalue weighted by molar-refractivity contribution is -0.173. The number of carbonyl (C=O) groups is 3. The molecule has 1 aromatic carbocycles. The number of hydrogen-bond donors (Lipinski definition) is 2. The highest BCUT2D eigenvalue weighted by Gasteiger charge is 2.63. The second-order valence-electron chi connectivity index (χ2n) is 15.3. The van der Waals surface area contributed by atoms with E-state index in [2.05, 4.69) is 21.2 Å². The predicted molar refractivity (Wildman–Crippen MR) is 197 cm³/mol. The molecule has 0 bridgehead atoms. The molecule has 1 unspecified atom stereocenters. The normalized spacial score (nSPS) is 21.8. The second-order valence-corrected chi connectivity index (χ2v) is 17.0. The Morgan fingerprint density at radius 3 is 2.20 bits per heavy atom. The maximum Gasteiger partial charge on any atom is 0.459 e. The average molecular weight is 771 g/mol. The third kappa shape index (κ3) is 9.57. The lowest BCUT2D eigenvalue weighted by Gasteiger charge is -2.29. The van der Waals surface area contributed by atoms with Crippen LogP contribution in [0.4, 0.5) is 5.82 Å². The molecule has 4 rings (SSSR count). The molecule has 0 radical (unpaired) electrons. The summed E-state index contributed by atoms with van der Waals surface area (Å²) in [6.07, 6.45) is -3.27. The smallest absolute Gasteiger partial charge is 0.459 e. The lowest BCUT2D eigenvalue weighted by Crippen LogP contribution is -2.47. The van der Waals surface area contributed by atoms with Crippen molar-refractivity contribution in [2.24, 2.45) is 17.8 Å². The van der Waals surface area contributed by atoms with Crippen molar-refractivity contribution in [3.05, 3.63) is 54.0 Å². The van der Waals surface area contributed by atoms with Gasteiger partial charge in [0.25, 0.3) is 0 Å². The summed E-state index contributed by atoms with van der Waals surface area (Å²) < 4.78 is 51.5. The van der Waals surface area contributed by atoms with Gasteiger partial charge >= 0.3 is 25.7 Å². The number of hydrogen-bond acceptors (Lipinski definition) is 14. The van der Waals surface area contributed by atoms with Gasteiger partial charge in [-0.1, -0.05) is 74.4 Å². The Morgan fingerprint density at radius 2 is 1.63 bits per heavy atom. The van der Waals surface area contributed by atoms with Crippen molar-refractivity contribution in [2.45, 2.75) is 105 Å². The van der Waals surface area contributed by atoms with E-state index in [4.69, 9.17) is 33.7 Å². The third-order valence-electron chi connectivity index (χ3n) is 8.49. The van der Waals surface area contributed by atoms with Crippen LogP contribution >= 0.6 is 7.75 Å². The van der Waals surface area contributed by atoms with Crippen molar-refractivity contribution in [3.8, 4) is 11.8 Å². The van der Waals surface area contributed by atoms with Gasteiger partial charge < -0.3 is 29.2 Å². The molecule has 16 nitrogen and oxygen atoms in total. The molecule has 3 aromatic rings. The van der Waals surface area contributed by atoms with Crippen LogP contribution in [-0.2, 0) is 53.4 Å². The van der Waals surface area contributed by atoms with Crippen LogP contribution in [-0.4, -0.2) is 70.1 Å². The minimum Gasteiger partial charge on any atom is -0.464 e. The van der Waals surface area contributed by atoms with E-state index < -0.39 is 74.1 Å². The topological polar surface area (TPSA) is 216 Å². The summed E-state index contributed by atoms with van der Waals surface area (Å²) in [7, 11) is -4.51. The fourth-order valence-corrected chi connectivity index (χ4v) is 6.92. The van der Waals surface area contributed by atoms with Gasteiger partial charge in [-0.2, -0.15) is 15.4 Å². The van der Waals surface area contributed by atoms with E-state index >= 15 is 0 Å². The molecule has 17 heteroatoms. The number of nitrogens with zero attached hydrogens (tertiary/aromatic N) is 4. The number of anilines is 1. The maximum atomic E-state index is 14.6. The fraction of sp³-hybridized carbons (Fsp3) is 0.568. The zero-order valence-corrected chi connectivity index (χ0v) is 33.3. The Kier molecular flexibility index (Phi) is 13.2. The van der Waals surface area contributed by atoms with Crippen LogP contribution in [0.2, 0.25) is 0 Å². The van der Waals surface area contributed by atoms with Crippen LogP contribution in [0.1, 0.15) is 80.5 Å². The molecule has 0 amide bonds. The number of benzene rings is 1. The molecule has 1 saturated heterocycles. The van der Waals surface area contributed by atoms with Crippen molar-refractivity contribution < 1.29 is 46.9 Å².